The zero-order valence-electron chi connectivity index (χ0n) is 17.2. The summed E-state index contributed by atoms with van der Waals surface area (Å²) in [5.41, 5.74) is 4.15. The second kappa shape index (κ2) is 7.46. The molecule has 1 aliphatic heterocycles. The zero-order chi connectivity index (χ0) is 20.8. The van der Waals surface area contributed by atoms with Gasteiger partial charge in [-0.05, 0) is 51.1 Å². The number of fused-ring (bicyclic) bond motifs is 3. The van der Waals surface area contributed by atoms with Crippen LogP contribution in [-0.2, 0) is 4.75 Å². The monoisotopic (exact) mass is 428 g/mol. The van der Waals surface area contributed by atoms with Crippen LogP contribution < -0.4 is 14.2 Å². The summed E-state index contributed by atoms with van der Waals surface area (Å²) in [7, 11) is 3.26. The highest BCUT2D eigenvalue weighted by Crippen LogP contribution is 2.53. The van der Waals surface area contributed by atoms with Crippen LogP contribution in [0.3, 0.4) is 0 Å². The number of H-pyrrole nitrogens is 1. The van der Waals surface area contributed by atoms with Crippen molar-refractivity contribution in [1.29, 1.82) is 0 Å². The topological polar surface area (TPSA) is 48.4 Å². The summed E-state index contributed by atoms with van der Waals surface area (Å²) < 4.78 is 19.1. The molecule has 0 saturated carbocycles. The van der Waals surface area contributed by atoms with E-state index >= 15 is 0 Å². The number of nitrogens with zero attached hydrogens (tertiary/aromatic N) is 1. The zero-order valence-corrected chi connectivity index (χ0v) is 18.8. The number of thioether (sulfide) groups is 1. The molecule has 0 atom stereocenters. The van der Waals surface area contributed by atoms with Crippen molar-refractivity contribution in [3.8, 4) is 34.1 Å². The molecule has 4 rings (SSSR count). The van der Waals surface area contributed by atoms with Gasteiger partial charge < -0.3 is 14.2 Å². The van der Waals surface area contributed by atoms with E-state index in [1.165, 1.54) is 4.90 Å². The Morgan fingerprint density at radius 3 is 2.52 bits per heavy atom. The third kappa shape index (κ3) is 3.32. The number of methoxy groups -OCH3 is 2. The van der Waals surface area contributed by atoms with E-state index in [-0.39, 0.29) is 4.75 Å². The van der Waals surface area contributed by atoms with Crippen molar-refractivity contribution in [2.75, 3.05) is 20.8 Å². The molecule has 5 nitrogen and oxygen atoms in total. The first-order valence-electron chi connectivity index (χ1n) is 9.43. The number of hydrogen-bond acceptors (Lipinski definition) is 5. The molecule has 2 heterocycles. The number of hydrogen-bond donors (Lipinski definition) is 1. The van der Waals surface area contributed by atoms with Gasteiger partial charge in [0.25, 0.3) is 0 Å². The molecule has 0 saturated heterocycles. The lowest BCUT2D eigenvalue weighted by Gasteiger charge is -2.30. The summed E-state index contributed by atoms with van der Waals surface area (Å²) in [6, 6.07) is 12.0. The Morgan fingerprint density at radius 1 is 1.07 bits per heavy atom. The summed E-state index contributed by atoms with van der Waals surface area (Å²) in [4.78, 5) is 1.20. The molecule has 0 bridgehead atoms. The highest BCUT2D eigenvalue weighted by atomic mass is 32.2. The fourth-order valence-corrected chi connectivity index (χ4v) is 5.21. The summed E-state index contributed by atoms with van der Waals surface area (Å²) >= 11 is 7.75. The lowest BCUT2D eigenvalue weighted by molar-refractivity contribution is 0.340. The fourth-order valence-electron chi connectivity index (χ4n) is 3.64. The van der Waals surface area contributed by atoms with Gasteiger partial charge in [0.1, 0.15) is 10.4 Å². The minimum Gasteiger partial charge on any atom is -0.494 e. The van der Waals surface area contributed by atoms with E-state index in [1.54, 1.807) is 14.2 Å². The van der Waals surface area contributed by atoms with Crippen molar-refractivity contribution in [1.82, 2.24) is 9.78 Å². The van der Waals surface area contributed by atoms with Gasteiger partial charge in [0, 0.05) is 22.1 Å². The van der Waals surface area contributed by atoms with Crippen LogP contribution in [0.25, 0.3) is 16.8 Å². The van der Waals surface area contributed by atoms with Crippen molar-refractivity contribution >= 4 is 24.0 Å². The van der Waals surface area contributed by atoms with E-state index in [4.69, 9.17) is 26.4 Å². The average Bonchev–Trinajstić information content (AvgIpc) is 3.06. The van der Waals surface area contributed by atoms with E-state index in [1.807, 2.05) is 47.6 Å². The Morgan fingerprint density at radius 2 is 1.83 bits per heavy atom. The minimum atomic E-state index is -0.148. The predicted molar refractivity (Wildman–Crippen MR) is 120 cm³/mol. The minimum absolute atomic E-state index is 0.148. The fraction of sp³-hybridized carbons (Fsp3) is 0.318. The molecule has 29 heavy (non-hydrogen) atoms. The number of aromatic nitrogens is 2. The SMILES string of the molecule is CCOc1ccc2c(c1)-c1c([nH]n(-c3ccc(OC)c(OC)c3)c1=S)C(C)(C)S2. The van der Waals surface area contributed by atoms with Gasteiger partial charge in [0.2, 0.25) is 0 Å². The van der Waals surface area contributed by atoms with Crippen LogP contribution in [0.15, 0.2) is 41.3 Å². The van der Waals surface area contributed by atoms with Crippen LogP contribution in [0.1, 0.15) is 26.5 Å². The summed E-state index contributed by atoms with van der Waals surface area (Å²) in [6.45, 7) is 7.03. The molecule has 0 unspecified atom stereocenters. The Kier molecular flexibility index (Phi) is 5.12. The first-order chi connectivity index (χ1) is 13.9. The van der Waals surface area contributed by atoms with Crippen LogP contribution in [0.4, 0.5) is 0 Å². The Hall–Kier alpha value is -2.38. The Bertz CT molecular complexity index is 1130. The highest BCUT2D eigenvalue weighted by molar-refractivity contribution is 8.00. The maximum atomic E-state index is 5.93. The van der Waals surface area contributed by atoms with Crippen LogP contribution in [0.2, 0.25) is 0 Å². The summed E-state index contributed by atoms with van der Waals surface area (Å²) in [5.74, 6) is 2.19. The van der Waals surface area contributed by atoms with E-state index in [9.17, 15) is 0 Å². The lowest BCUT2D eigenvalue weighted by atomic mass is 9.98. The van der Waals surface area contributed by atoms with Gasteiger partial charge in [0.05, 0.1) is 37.0 Å². The Balaban J connectivity index is 1.93. The molecule has 1 N–H and O–H groups in total. The largest absolute Gasteiger partial charge is 0.494 e. The molecule has 0 fully saturated rings. The smallest absolute Gasteiger partial charge is 0.162 e. The van der Waals surface area contributed by atoms with Gasteiger partial charge in [0.15, 0.2) is 11.5 Å². The molecular formula is C22H24N2O3S2. The van der Waals surface area contributed by atoms with Crippen LogP contribution in [-0.4, -0.2) is 30.6 Å². The molecule has 7 heteroatoms. The summed E-state index contributed by atoms with van der Waals surface area (Å²) in [5, 5.41) is 3.54. The van der Waals surface area contributed by atoms with Crippen molar-refractivity contribution < 1.29 is 14.2 Å². The van der Waals surface area contributed by atoms with Crippen molar-refractivity contribution in [2.24, 2.45) is 0 Å². The molecule has 0 spiro atoms. The highest BCUT2D eigenvalue weighted by Gasteiger charge is 2.35. The van der Waals surface area contributed by atoms with E-state index in [0.29, 0.717) is 18.1 Å². The number of benzene rings is 2. The molecule has 0 aliphatic carbocycles. The van der Waals surface area contributed by atoms with Crippen LogP contribution in [0.5, 0.6) is 17.2 Å². The molecule has 1 aromatic heterocycles. The molecule has 3 aromatic rings. The molecule has 1 aliphatic rings. The van der Waals surface area contributed by atoms with E-state index in [0.717, 1.165) is 32.9 Å². The molecule has 2 aromatic carbocycles. The van der Waals surface area contributed by atoms with Gasteiger partial charge in [-0.25, -0.2) is 4.68 Å². The molecule has 0 amide bonds. The van der Waals surface area contributed by atoms with Gasteiger partial charge in [-0.1, -0.05) is 12.2 Å². The molecule has 152 valence electrons. The number of rotatable bonds is 5. The standard InChI is InChI=1S/C22H24N2O3S2/c1-6-27-14-8-10-18-15(12-14)19-20(22(2,3)29-18)23-24(21(19)28)13-7-9-16(25-4)17(11-13)26-5/h7-12,23H,6H2,1-5H3. The van der Waals surface area contributed by atoms with Gasteiger partial charge in [-0.15, -0.1) is 11.8 Å². The predicted octanol–water partition coefficient (Wildman–Crippen LogP) is 5.96. The van der Waals surface area contributed by atoms with Crippen molar-refractivity contribution in [3.63, 3.8) is 0 Å². The summed E-state index contributed by atoms with van der Waals surface area (Å²) in [6.07, 6.45) is 0. The maximum absolute atomic E-state index is 5.93. The van der Waals surface area contributed by atoms with Gasteiger partial charge >= 0.3 is 0 Å². The third-order valence-electron chi connectivity index (χ3n) is 5.01. The second-order valence-electron chi connectivity index (χ2n) is 7.25. The lowest BCUT2D eigenvalue weighted by Crippen LogP contribution is -2.17. The first kappa shape index (κ1) is 19.9. The number of ether oxygens (including phenoxy) is 3. The Labute approximate surface area is 180 Å². The van der Waals surface area contributed by atoms with Crippen molar-refractivity contribution in [2.45, 2.75) is 30.4 Å². The van der Waals surface area contributed by atoms with Crippen LogP contribution in [0, 0.1) is 4.64 Å². The average molecular weight is 429 g/mol. The van der Waals surface area contributed by atoms with Crippen molar-refractivity contribution in [3.05, 3.63) is 46.7 Å². The number of aromatic amines is 1. The third-order valence-corrected chi connectivity index (χ3v) is 6.69. The van der Waals surface area contributed by atoms with E-state index < -0.39 is 0 Å². The van der Waals surface area contributed by atoms with Crippen LogP contribution >= 0.6 is 24.0 Å². The van der Waals surface area contributed by atoms with Gasteiger partial charge in [-0.2, -0.15) is 0 Å². The van der Waals surface area contributed by atoms with E-state index in [2.05, 4.69) is 31.1 Å². The first-order valence-corrected chi connectivity index (χ1v) is 10.7. The molecule has 0 radical (unpaired) electrons. The maximum Gasteiger partial charge on any atom is 0.162 e. The molecular weight excluding hydrogens is 404 g/mol. The number of nitrogens with one attached hydrogen (secondary N) is 1. The second-order valence-corrected chi connectivity index (χ2v) is 9.30. The quantitative estimate of drug-likeness (QED) is 0.508. The van der Waals surface area contributed by atoms with Gasteiger partial charge in [-0.3, -0.25) is 5.10 Å². The normalized spacial score (nSPS) is 14.1.